The predicted molar refractivity (Wildman–Crippen MR) is 355 cm³/mol. The maximum Gasteiger partial charge on any atom is 0.311 e. The highest BCUT2D eigenvalue weighted by atomic mass is 35.5. The topological polar surface area (TPSA) is 270 Å². The van der Waals surface area contributed by atoms with Crippen molar-refractivity contribution in [3.63, 3.8) is 0 Å². The van der Waals surface area contributed by atoms with E-state index in [1.807, 2.05) is 37.3 Å². The summed E-state index contributed by atoms with van der Waals surface area (Å²) in [5, 5.41) is 41.5. The largest absolute Gasteiger partial charge is 0.481 e. The lowest BCUT2D eigenvalue weighted by Gasteiger charge is -2.12. The van der Waals surface area contributed by atoms with Gasteiger partial charge >= 0.3 is 23.9 Å². The summed E-state index contributed by atoms with van der Waals surface area (Å²) in [5.74, 6) is -19.5. The van der Waals surface area contributed by atoms with E-state index in [0.29, 0.717) is 83.8 Å². The van der Waals surface area contributed by atoms with Gasteiger partial charge in [-0.05, 0) is 126 Å². The number of aryl methyl sites for hydroxylation is 2. The monoisotopic (exact) mass is 1410 g/mol. The molecule has 16 nitrogen and oxygen atoms in total. The fourth-order valence-electron chi connectivity index (χ4n) is 11.4. The number of para-hydroxylation sites is 1. The van der Waals surface area contributed by atoms with Gasteiger partial charge in [-0.15, -0.1) is 0 Å². The SMILES string of the molecule is Cc1ccc2[nH]cc(C(CC(=O)c3ccc(F)cc3F)C(=O)O)c2c1.Cn1cc(C(CC(=O)c2ccc(F)cc2F)C(=O)O)c2ccccc21.O=C(CC(C(=O)O)c1c[nH]c2ccc(Cl)cc12)c1ccc(F)cc1F.O=C(CC(C(=O)O)c1c[nH]c2cccc(Cl)c12)c1ccc(F)cc1F. The zero-order valence-electron chi connectivity index (χ0n) is 52.2. The van der Waals surface area contributed by atoms with Gasteiger partial charge in [0, 0.05) is 130 Å². The highest BCUT2D eigenvalue weighted by Crippen LogP contribution is 2.37. The molecular formula is C74H54Cl2F8N4O12. The van der Waals surface area contributed by atoms with E-state index in [4.69, 9.17) is 23.2 Å². The van der Waals surface area contributed by atoms with Crippen molar-refractivity contribution in [1.82, 2.24) is 19.5 Å². The van der Waals surface area contributed by atoms with Gasteiger partial charge in [-0.25, -0.2) is 35.1 Å². The molecule has 0 radical (unpaired) electrons. The van der Waals surface area contributed by atoms with E-state index in [0.717, 1.165) is 70.5 Å². The molecule has 12 aromatic rings. The fraction of sp³-hybridized carbons (Fsp3) is 0.135. The van der Waals surface area contributed by atoms with Crippen LogP contribution in [0.4, 0.5) is 35.1 Å². The first-order valence-electron chi connectivity index (χ1n) is 30.0. The number of carboxylic acids is 4. The zero-order valence-corrected chi connectivity index (χ0v) is 53.7. The molecule has 8 aromatic carbocycles. The maximum atomic E-state index is 13.8. The van der Waals surface area contributed by atoms with Crippen LogP contribution in [0.3, 0.4) is 0 Å². The molecule has 12 rings (SSSR count). The minimum Gasteiger partial charge on any atom is -0.481 e. The molecule has 0 bridgehead atoms. The van der Waals surface area contributed by atoms with Crippen LogP contribution in [0.1, 0.15) is 119 Å². The summed E-state index contributed by atoms with van der Waals surface area (Å²) < 4.78 is 109. The second kappa shape index (κ2) is 31.4. The number of rotatable bonds is 20. The average molecular weight is 1410 g/mol. The number of H-pyrrole nitrogens is 3. The van der Waals surface area contributed by atoms with Crippen molar-refractivity contribution in [2.24, 2.45) is 7.05 Å². The lowest BCUT2D eigenvalue weighted by molar-refractivity contribution is -0.139. The summed E-state index contributed by atoms with van der Waals surface area (Å²) in [6, 6.07) is 33.1. The van der Waals surface area contributed by atoms with Crippen LogP contribution in [-0.4, -0.2) is 87.0 Å². The second-order valence-electron chi connectivity index (χ2n) is 22.9. The number of hydrogen-bond donors (Lipinski definition) is 7. The first kappa shape index (κ1) is 72.8. The standard InChI is InChI=1S/2C19H15F2NO3.2C18H12ClF2NO3/c1-10-2-5-17-13(6-10)15(9-22-17)14(19(24)25)8-18(23)12-4-3-11(20)7-16(12)21;1-22-10-15(12-4-2-3-5-17(12)22)14(19(24)25)9-18(23)13-7-6-11(20)8-16(13)21;19-9-1-4-16-12(5-9)14(8-22-16)13(18(24)25)7-17(23)11-3-2-10(20)6-15(11)21;19-13-2-1-3-15-17(13)12(8-22-15)11(18(24)25)7-16(23)10-5-4-9(20)6-14(10)21/h2-7,9,14,22H,8H2,1H3,(H,24,25);2-8,10,14H,9H2,1H3,(H,24,25);1-6,8,13,22H,7H2,(H,24,25);1-6,8,11,22H,7H2,(H,24,25). The van der Waals surface area contributed by atoms with Crippen molar-refractivity contribution in [2.75, 3.05) is 0 Å². The van der Waals surface area contributed by atoms with Crippen molar-refractivity contribution < 1.29 is 93.9 Å². The molecule has 4 atom stereocenters. The average Bonchev–Trinajstić information content (AvgIpc) is 1.64. The summed E-state index contributed by atoms with van der Waals surface area (Å²) in [6.07, 6.45) is 4.42. The summed E-state index contributed by atoms with van der Waals surface area (Å²) >= 11 is 12.1. The van der Waals surface area contributed by atoms with Gasteiger partial charge in [0.25, 0.3) is 0 Å². The van der Waals surface area contributed by atoms with E-state index >= 15 is 0 Å². The zero-order chi connectivity index (χ0) is 72.5. The molecular weight excluding hydrogens is 1360 g/mol. The van der Waals surface area contributed by atoms with Crippen molar-refractivity contribution in [1.29, 1.82) is 0 Å². The maximum absolute atomic E-state index is 13.8. The molecule has 0 saturated heterocycles. The Morgan fingerprint density at radius 3 is 1.19 bits per heavy atom. The third-order valence-electron chi connectivity index (χ3n) is 16.3. The fourth-order valence-corrected chi connectivity index (χ4v) is 11.9. The van der Waals surface area contributed by atoms with E-state index < -0.39 is 143 Å². The van der Waals surface area contributed by atoms with E-state index in [1.165, 1.54) is 12.4 Å². The number of nitrogens with zero attached hydrogens (tertiary/aromatic N) is 1. The number of carbonyl (C=O) groups excluding carboxylic acids is 4. The first-order valence-corrected chi connectivity index (χ1v) is 30.7. The molecule has 0 aliphatic rings. The van der Waals surface area contributed by atoms with Gasteiger partial charge in [-0.1, -0.05) is 59.1 Å². The number of ketones is 4. The molecule has 4 heterocycles. The lowest BCUT2D eigenvalue weighted by atomic mass is 9.91. The number of aromatic amines is 3. The molecule has 0 saturated carbocycles. The van der Waals surface area contributed by atoms with Crippen LogP contribution in [-0.2, 0) is 26.2 Å². The lowest BCUT2D eigenvalue weighted by Crippen LogP contribution is -2.17. The summed E-state index contributed by atoms with van der Waals surface area (Å²) in [6.45, 7) is 1.88. The molecule has 0 aliphatic carbocycles. The number of fused-ring (bicyclic) bond motifs is 4. The van der Waals surface area contributed by atoms with Crippen LogP contribution in [0.25, 0.3) is 43.6 Å². The molecule has 0 fully saturated rings. The van der Waals surface area contributed by atoms with Gasteiger partial charge in [0.2, 0.25) is 0 Å². The Balaban J connectivity index is 0.000000156. The number of carbonyl (C=O) groups is 8. The Kier molecular flexibility index (Phi) is 22.8. The minimum absolute atomic E-state index is 0.312. The van der Waals surface area contributed by atoms with Gasteiger partial charge in [0.1, 0.15) is 46.5 Å². The summed E-state index contributed by atoms with van der Waals surface area (Å²) in [4.78, 5) is 105. The van der Waals surface area contributed by atoms with Crippen molar-refractivity contribution in [3.8, 4) is 0 Å². The van der Waals surface area contributed by atoms with Crippen LogP contribution >= 0.6 is 23.2 Å². The Hall–Kier alpha value is -11.5. The van der Waals surface area contributed by atoms with Crippen LogP contribution < -0.4 is 0 Å². The molecule has 100 heavy (non-hydrogen) atoms. The minimum atomic E-state index is -1.24. The Labute approximate surface area is 571 Å². The molecule has 26 heteroatoms. The third kappa shape index (κ3) is 16.7. The molecule has 7 N–H and O–H groups in total. The van der Waals surface area contributed by atoms with E-state index in [2.05, 4.69) is 15.0 Å². The van der Waals surface area contributed by atoms with Gasteiger partial charge in [-0.3, -0.25) is 38.4 Å². The van der Waals surface area contributed by atoms with E-state index in [-0.39, 0.29) is 22.3 Å². The van der Waals surface area contributed by atoms with Gasteiger partial charge < -0.3 is 39.9 Å². The predicted octanol–water partition coefficient (Wildman–Crippen LogP) is 17.2. The number of aromatic nitrogens is 4. The number of Topliss-reactive ketones (excluding diaryl/α,β-unsaturated/α-hetero) is 4. The Morgan fingerprint density at radius 1 is 0.400 bits per heavy atom. The highest BCUT2D eigenvalue weighted by Gasteiger charge is 2.33. The number of halogens is 10. The second-order valence-corrected chi connectivity index (χ2v) is 23.8. The van der Waals surface area contributed by atoms with E-state index in [9.17, 15) is 93.9 Å². The number of nitrogens with one attached hydrogen (secondary N) is 3. The number of benzene rings is 8. The Morgan fingerprint density at radius 2 is 0.770 bits per heavy atom. The third-order valence-corrected chi connectivity index (χ3v) is 16.9. The molecule has 4 unspecified atom stereocenters. The molecule has 0 aliphatic heterocycles. The van der Waals surface area contributed by atoms with Gasteiger partial charge in [0.15, 0.2) is 23.1 Å². The van der Waals surface area contributed by atoms with Crippen molar-refractivity contribution >= 4 is 114 Å². The molecule has 4 aromatic heterocycles. The molecule has 512 valence electrons. The highest BCUT2D eigenvalue weighted by molar-refractivity contribution is 6.36. The van der Waals surface area contributed by atoms with Crippen LogP contribution in [0.2, 0.25) is 10.0 Å². The van der Waals surface area contributed by atoms with Gasteiger partial charge in [-0.2, -0.15) is 0 Å². The smallest absolute Gasteiger partial charge is 0.311 e. The Bertz CT molecular complexity index is 4960. The molecule has 0 spiro atoms. The normalized spacial score (nSPS) is 12.3. The first-order chi connectivity index (χ1) is 47.5. The van der Waals surface area contributed by atoms with Crippen LogP contribution in [0.15, 0.2) is 176 Å². The number of hydrogen-bond acceptors (Lipinski definition) is 8. The summed E-state index contributed by atoms with van der Waals surface area (Å²) in [7, 11) is 1.78. The quantitative estimate of drug-likeness (QED) is 0.0277. The summed E-state index contributed by atoms with van der Waals surface area (Å²) in [5.41, 5.74) is 4.19. The van der Waals surface area contributed by atoms with Crippen molar-refractivity contribution in [3.05, 3.63) is 283 Å². The number of aliphatic carboxylic acids is 4. The molecule has 0 amide bonds. The van der Waals surface area contributed by atoms with Crippen molar-refractivity contribution in [2.45, 2.75) is 56.3 Å². The number of carboxylic acid groups (broad SMARTS) is 4. The van der Waals surface area contributed by atoms with Crippen LogP contribution in [0, 0.1) is 53.5 Å². The van der Waals surface area contributed by atoms with Gasteiger partial charge in [0.05, 0.1) is 50.9 Å². The van der Waals surface area contributed by atoms with E-state index in [1.54, 1.807) is 72.5 Å². The van der Waals surface area contributed by atoms with Crippen LogP contribution in [0.5, 0.6) is 0 Å².